The molecule has 1 aromatic carbocycles. The lowest BCUT2D eigenvalue weighted by Crippen LogP contribution is -1.92. The van der Waals surface area contributed by atoms with Crippen molar-refractivity contribution in [2.24, 2.45) is 0 Å². The molecule has 0 saturated carbocycles. The summed E-state index contributed by atoms with van der Waals surface area (Å²) in [5, 5.41) is 0. The van der Waals surface area contributed by atoms with Crippen molar-refractivity contribution in [3.63, 3.8) is 0 Å². The summed E-state index contributed by atoms with van der Waals surface area (Å²) in [5.41, 5.74) is -0.161. The molecule has 0 aromatic heterocycles. The molecular weight excluding hydrogens is 181 g/mol. The Hall–Kier alpha value is -1.58. The van der Waals surface area contributed by atoms with Crippen LogP contribution < -0.4 is 0 Å². The molecule has 13 heavy (non-hydrogen) atoms. The van der Waals surface area contributed by atoms with Crippen LogP contribution in [0.5, 0.6) is 0 Å². The number of carbonyl (C=O) groups is 1. The van der Waals surface area contributed by atoms with E-state index in [-0.39, 0.29) is 5.56 Å². The molecule has 0 N–H and O–H groups in total. The number of hydrogen-bond acceptors (Lipinski definition) is 1. The summed E-state index contributed by atoms with van der Waals surface area (Å²) in [6, 6.07) is 1.84. The van der Waals surface area contributed by atoms with E-state index in [1.54, 1.807) is 0 Å². The Labute approximate surface area is 72.5 Å². The minimum absolute atomic E-state index is 0.161. The predicted octanol–water partition coefficient (Wildman–Crippen LogP) is 2.32. The molecule has 1 nitrogen and oxygen atoms in total. The van der Waals surface area contributed by atoms with Crippen molar-refractivity contribution in [1.82, 2.24) is 0 Å². The SMILES string of the molecule is O=CC=Cc1ccc(F)c(F)c1F. The lowest BCUT2D eigenvalue weighted by Gasteiger charge is -1.98. The summed E-state index contributed by atoms with van der Waals surface area (Å²) in [5.74, 6) is -4.08. The van der Waals surface area contributed by atoms with Gasteiger partial charge in [-0.25, -0.2) is 13.2 Å². The van der Waals surface area contributed by atoms with Crippen molar-refractivity contribution in [2.45, 2.75) is 0 Å². The highest BCUT2D eigenvalue weighted by Gasteiger charge is 2.10. The minimum Gasteiger partial charge on any atom is -0.299 e. The number of benzene rings is 1. The van der Waals surface area contributed by atoms with E-state index in [1.807, 2.05) is 0 Å². The average Bonchev–Trinajstić information content (AvgIpc) is 2.13. The first-order valence-electron chi connectivity index (χ1n) is 3.42. The van der Waals surface area contributed by atoms with E-state index in [0.717, 1.165) is 24.3 Å². The van der Waals surface area contributed by atoms with Crippen LogP contribution >= 0.6 is 0 Å². The zero-order chi connectivity index (χ0) is 9.84. The maximum absolute atomic E-state index is 12.8. The van der Waals surface area contributed by atoms with Crippen molar-refractivity contribution < 1.29 is 18.0 Å². The highest BCUT2D eigenvalue weighted by atomic mass is 19.2. The van der Waals surface area contributed by atoms with Crippen molar-refractivity contribution in [3.8, 4) is 0 Å². The maximum Gasteiger partial charge on any atom is 0.195 e. The van der Waals surface area contributed by atoms with Gasteiger partial charge in [0.2, 0.25) is 0 Å². The van der Waals surface area contributed by atoms with Crippen LogP contribution in [0, 0.1) is 17.5 Å². The molecule has 0 spiro atoms. The second-order valence-electron chi connectivity index (χ2n) is 2.26. The number of carbonyl (C=O) groups excluding carboxylic acids is 1. The lowest BCUT2D eigenvalue weighted by atomic mass is 10.2. The van der Waals surface area contributed by atoms with Crippen LogP contribution in [-0.2, 0) is 4.79 Å². The summed E-state index contributed by atoms with van der Waals surface area (Å²) >= 11 is 0. The van der Waals surface area contributed by atoms with Crippen LogP contribution in [0.3, 0.4) is 0 Å². The van der Waals surface area contributed by atoms with Crippen molar-refractivity contribution in [2.75, 3.05) is 0 Å². The summed E-state index contributed by atoms with van der Waals surface area (Å²) in [7, 11) is 0. The Morgan fingerprint density at radius 1 is 1.08 bits per heavy atom. The van der Waals surface area contributed by atoms with Crippen molar-refractivity contribution in [1.29, 1.82) is 0 Å². The van der Waals surface area contributed by atoms with E-state index in [9.17, 15) is 18.0 Å². The van der Waals surface area contributed by atoms with Crippen LogP contribution in [0.15, 0.2) is 18.2 Å². The van der Waals surface area contributed by atoms with E-state index in [0.29, 0.717) is 6.29 Å². The molecule has 0 saturated heterocycles. The quantitative estimate of drug-likeness (QED) is 0.393. The predicted molar refractivity (Wildman–Crippen MR) is 41.4 cm³/mol. The third-order valence-corrected chi connectivity index (χ3v) is 1.42. The van der Waals surface area contributed by atoms with Crippen LogP contribution in [0.25, 0.3) is 6.08 Å². The first-order valence-corrected chi connectivity index (χ1v) is 3.42. The van der Waals surface area contributed by atoms with Crippen LogP contribution in [0.2, 0.25) is 0 Å². The third kappa shape index (κ3) is 1.96. The smallest absolute Gasteiger partial charge is 0.195 e. The Morgan fingerprint density at radius 3 is 2.38 bits per heavy atom. The molecule has 0 unspecified atom stereocenters. The molecule has 0 aliphatic rings. The van der Waals surface area contributed by atoms with Gasteiger partial charge in [-0.05, 0) is 24.3 Å². The summed E-state index contributed by atoms with van der Waals surface area (Å²) in [6.45, 7) is 0. The summed E-state index contributed by atoms with van der Waals surface area (Å²) in [4.78, 5) is 9.86. The van der Waals surface area contributed by atoms with Gasteiger partial charge in [-0.3, -0.25) is 4.79 Å². The van der Waals surface area contributed by atoms with Gasteiger partial charge in [-0.15, -0.1) is 0 Å². The average molecular weight is 186 g/mol. The minimum atomic E-state index is -1.53. The van der Waals surface area contributed by atoms with E-state index < -0.39 is 17.5 Å². The standard InChI is InChI=1S/C9H5F3O/c10-7-4-3-6(2-1-5-13)8(11)9(7)12/h1-5H. The van der Waals surface area contributed by atoms with E-state index in [1.165, 1.54) is 0 Å². The van der Waals surface area contributed by atoms with Gasteiger partial charge >= 0.3 is 0 Å². The molecule has 0 radical (unpaired) electrons. The van der Waals surface area contributed by atoms with Gasteiger partial charge in [0.05, 0.1) is 0 Å². The Bertz CT molecular complexity index is 358. The molecular formula is C9H5F3O. The first-order chi connectivity index (χ1) is 6.16. The second kappa shape index (κ2) is 3.89. The molecule has 1 aromatic rings. The molecule has 4 heteroatoms. The normalized spacial score (nSPS) is 10.7. The van der Waals surface area contributed by atoms with Gasteiger partial charge in [0.25, 0.3) is 0 Å². The fourth-order valence-corrected chi connectivity index (χ4v) is 0.813. The molecule has 0 fully saturated rings. The van der Waals surface area contributed by atoms with Gasteiger partial charge in [0, 0.05) is 5.56 Å². The second-order valence-corrected chi connectivity index (χ2v) is 2.26. The third-order valence-electron chi connectivity index (χ3n) is 1.42. The molecule has 0 aliphatic heterocycles. The summed E-state index contributed by atoms with van der Waals surface area (Å²) < 4.78 is 37.7. The van der Waals surface area contributed by atoms with Crippen LogP contribution in [0.1, 0.15) is 5.56 Å². The highest BCUT2D eigenvalue weighted by Crippen LogP contribution is 2.15. The van der Waals surface area contributed by atoms with Crippen LogP contribution in [0.4, 0.5) is 13.2 Å². The molecule has 0 amide bonds. The van der Waals surface area contributed by atoms with Gasteiger partial charge < -0.3 is 0 Å². The number of hydrogen-bond donors (Lipinski definition) is 0. The fraction of sp³-hybridized carbons (Fsp3) is 0. The number of aldehydes is 1. The first kappa shape index (κ1) is 9.51. The van der Waals surface area contributed by atoms with Gasteiger partial charge in [0.15, 0.2) is 17.5 Å². The highest BCUT2D eigenvalue weighted by molar-refractivity contribution is 5.73. The fourth-order valence-electron chi connectivity index (χ4n) is 0.813. The van der Waals surface area contributed by atoms with Gasteiger partial charge in [-0.1, -0.05) is 0 Å². The molecule has 0 atom stereocenters. The Morgan fingerprint density at radius 2 is 1.77 bits per heavy atom. The molecule has 0 heterocycles. The largest absolute Gasteiger partial charge is 0.299 e. The van der Waals surface area contributed by atoms with Crippen LogP contribution in [-0.4, -0.2) is 6.29 Å². The van der Waals surface area contributed by atoms with Gasteiger partial charge in [-0.2, -0.15) is 0 Å². The Balaban J connectivity index is 3.17. The monoisotopic (exact) mass is 186 g/mol. The molecule has 68 valence electrons. The van der Waals surface area contributed by atoms with Crippen molar-refractivity contribution >= 4 is 12.4 Å². The van der Waals surface area contributed by atoms with E-state index in [2.05, 4.69) is 0 Å². The Kier molecular flexibility index (Phi) is 2.84. The van der Waals surface area contributed by atoms with E-state index >= 15 is 0 Å². The molecule has 0 aliphatic carbocycles. The lowest BCUT2D eigenvalue weighted by molar-refractivity contribution is -0.104. The zero-order valence-corrected chi connectivity index (χ0v) is 6.43. The van der Waals surface area contributed by atoms with Gasteiger partial charge in [0.1, 0.15) is 6.29 Å². The maximum atomic E-state index is 12.8. The van der Waals surface area contributed by atoms with E-state index in [4.69, 9.17) is 0 Å². The number of rotatable bonds is 2. The molecule has 0 bridgehead atoms. The zero-order valence-electron chi connectivity index (χ0n) is 6.43. The number of allylic oxidation sites excluding steroid dienone is 1. The number of halogens is 3. The van der Waals surface area contributed by atoms with Crippen molar-refractivity contribution in [3.05, 3.63) is 41.2 Å². The summed E-state index contributed by atoms with van der Waals surface area (Å²) in [6.07, 6.45) is 2.47. The molecule has 1 rings (SSSR count). The topological polar surface area (TPSA) is 17.1 Å².